The monoisotopic (exact) mass is 358 g/mol. The summed E-state index contributed by atoms with van der Waals surface area (Å²) in [4.78, 5) is 9.77. The molecule has 0 saturated carbocycles. The summed E-state index contributed by atoms with van der Waals surface area (Å²) in [6.45, 7) is 11.9. The third kappa shape index (κ3) is 4.57. The molecule has 1 aromatic carbocycles. The first-order valence-electron chi connectivity index (χ1n) is 10.0. The Morgan fingerprint density at radius 3 is 2.85 bits per heavy atom. The molecule has 1 aromatic rings. The number of benzene rings is 1. The maximum Gasteiger partial charge on any atom is 0.194 e. The van der Waals surface area contributed by atoms with E-state index in [4.69, 9.17) is 9.73 Å². The topological polar surface area (TPSA) is 40.1 Å². The van der Waals surface area contributed by atoms with Crippen LogP contribution in [0.4, 0.5) is 0 Å². The normalized spacial score (nSPS) is 24.9. The molecule has 3 rings (SSSR count). The highest BCUT2D eigenvalue weighted by Gasteiger charge is 2.26. The fraction of sp³-hybridized carbons (Fsp3) is 0.667. The van der Waals surface area contributed by atoms with Crippen LogP contribution in [0.3, 0.4) is 0 Å². The zero-order valence-corrected chi connectivity index (χ0v) is 16.8. The molecule has 0 spiro atoms. The van der Waals surface area contributed by atoms with Crippen molar-refractivity contribution in [2.75, 3.05) is 46.4 Å². The first-order chi connectivity index (χ1) is 12.6. The maximum absolute atomic E-state index is 6.11. The third-order valence-electron chi connectivity index (χ3n) is 5.60. The van der Waals surface area contributed by atoms with Gasteiger partial charge in [0.1, 0.15) is 6.10 Å². The molecule has 2 unspecified atom stereocenters. The van der Waals surface area contributed by atoms with Crippen LogP contribution >= 0.6 is 0 Å². The molecule has 1 N–H and O–H groups in total. The minimum absolute atomic E-state index is 0.113. The smallest absolute Gasteiger partial charge is 0.194 e. The number of guanidine groups is 1. The van der Waals surface area contributed by atoms with E-state index in [1.54, 1.807) is 0 Å². The van der Waals surface area contributed by atoms with Crippen molar-refractivity contribution in [2.45, 2.75) is 45.8 Å². The van der Waals surface area contributed by atoms with Gasteiger partial charge in [-0.15, -0.1) is 0 Å². The van der Waals surface area contributed by atoms with Crippen molar-refractivity contribution < 1.29 is 4.74 Å². The lowest BCUT2D eigenvalue weighted by molar-refractivity contribution is -0.00836. The Morgan fingerprint density at radius 2 is 2.15 bits per heavy atom. The molecule has 2 fully saturated rings. The largest absolute Gasteiger partial charge is 0.370 e. The fourth-order valence-electron chi connectivity index (χ4n) is 4.04. The molecular formula is C21H34N4O. The molecule has 2 aliphatic heterocycles. The van der Waals surface area contributed by atoms with E-state index in [0.29, 0.717) is 6.04 Å². The molecule has 2 atom stereocenters. The molecule has 2 aliphatic rings. The standard InChI is InChI=1S/C21H34N4O/c1-5-22-21(23-14-18-7-6-10-24(18)4)25-11-12-26-20(15-25)19-9-8-16(2)13-17(19)3/h8-9,13,18,20H,5-7,10-12,14-15H2,1-4H3,(H,22,23). The Labute approximate surface area is 158 Å². The summed E-state index contributed by atoms with van der Waals surface area (Å²) in [5, 5.41) is 3.49. The molecule has 0 amide bonds. The van der Waals surface area contributed by atoms with E-state index in [1.165, 1.54) is 36.1 Å². The van der Waals surface area contributed by atoms with Crippen molar-refractivity contribution >= 4 is 5.96 Å². The van der Waals surface area contributed by atoms with E-state index < -0.39 is 0 Å². The average Bonchev–Trinajstić information content (AvgIpc) is 3.04. The number of hydrogen-bond donors (Lipinski definition) is 1. The van der Waals surface area contributed by atoms with Gasteiger partial charge in [-0.2, -0.15) is 0 Å². The highest BCUT2D eigenvalue weighted by atomic mass is 16.5. The number of likely N-dealkylation sites (tertiary alicyclic amines) is 1. The Balaban J connectivity index is 1.70. The highest BCUT2D eigenvalue weighted by Crippen LogP contribution is 2.26. The first-order valence-corrected chi connectivity index (χ1v) is 10.0. The van der Waals surface area contributed by atoms with Crippen molar-refractivity contribution in [1.82, 2.24) is 15.1 Å². The van der Waals surface area contributed by atoms with E-state index in [9.17, 15) is 0 Å². The zero-order chi connectivity index (χ0) is 18.5. The third-order valence-corrected chi connectivity index (χ3v) is 5.60. The second kappa shape index (κ2) is 8.87. The SMILES string of the molecule is CCNC(=NCC1CCCN1C)N1CCOC(c2ccc(C)cc2C)C1. The number of nitrogens with zero attached hydrogens (tertiary/aromatic N) is 3. The second-order valence-electron chi connectivity index (χ2n) is 7.64. The Morgan fingerprint density at radius 1 is 1.31 bits per heavy atom. The number of nitrogens with one attached hydrogen (secondary N) is 1. The van der Waals surface area contributed by atoms with Crippen LogP contribution in [-0.2, 0) is 4.74 Å². The van der Waals surface area contributed by atoms with Crippen molar-refractivity contribution in [3.63, 3.8) is 0 Å². The molecule has 2 saturated heterocycles. The zero-order valence-electron chi connectivity index (χ0n) is 16.8. The minimum Gasteiger partial charge on any atom is -0.370 e. The van der Waals surface area contributed by atoms with Crippen molar-refractivity contribution in [3.8, 4) is 0 Å². The van der Waals surface area contributed by atoms with Crippen LogP contribution in [0.15, 0.2) is 23.2 Å². The summed E-state index contributed by atoms with van der Waals surface area (Å²) < 4.78 is 6.11. The lowest BCUT2D eigenvalue weighted by atomic mass is 10.00. The van der Waals surface area contributed by atoms with Gasteiger partial charge in [0.05, 0.1) is 19.7 Å². The van der Waals surface area contributed by atoms with Gasteiger partial charge in [-0.25, -0.2) is 0 Å². The molecule has 0 aromatic heterocycles. The molecule has 144 valence electrons. The number of likely N-dealkylation sites (N-methyl/N-ethyl adjacent to an activating group) is 1. The molecule has 0 radical (unpaired) electrons. The number of morpholine rings is 1. The van der Waals surface area contributed by atoms with Crippen molar-refractivity contribution in [2.24, 2.45) is 4.99 Å². The highest BCUT2D eigenvalue weighted by molar-refractivity contribution is 5.80. The molecule has 5 heteroatoms. The van der Waals surface area contributed by atoms with E-state index in [-0.39, 0.29) is 6.10 Å². The summed E-state index contributed by atoms with van der Waals surface area (Å²) in [6.07, 6.45) is 2.66. The van der Waals surface area contributed by atoms with Crippen LogP contribution in [0.2, 0.25) is 0 Å². The molecule has 2 heterocycles. The molecule has 0 bridgehead atoms. The van der Waals surface area contributed by atoms with Crippen LogP contribution in [0.25, 0.3) is 0 Å². The van der Waals surface area contributed by atoms with Crippen LogP contribution in [0.1, 0.15) is 42.6 Å². The van der Waals surface area contributed by atoms with E-state index >= 15 is 0 Å². The van der Waals surface area contributed by atoms with Crippen LogP contribution in [0, 0.1) is 13.8 Å². The van der Waals surface area contributed by atoms with Gasteiger partial charge >= 0.3 is 0 Å². The van der Waals surface area contributed by atoms with E-state index in [0.717, 1.165) is 38.7 Å². The fourth-order valence-corrected chi connectivity index (χ4v) is 4.04. The summed E-state index contributed by atoms with van der Waals surface area (Å²) in [6, 6.07) is 7.23. The summed E-state index contributed by atoms with van der Waals surface area (Å²) in [7, 11) is 2.21. The van der Waals surface area contributed by atoms with Gasteiger partial charge in [0.25, 0.3) is 0 Å². The maximum atomic E-state index is 6.11. The number of ether oxygens (including phenoxy) is 1. The van der Waals surface area contributed by atoms with Crippen LogP contribution in [0.5, 0.6) is 0 Å². The summed E-state index contributed by atoms with van der Waals surface area (Å²) in [5.74, 6) is 1.03. The van der Waals surface area contributed by atoms with E-state index in [1.807, 2.05) is 0 Å². The predicted molar refractivity (Wildman–Crippen MR) is 108 cm³/mol. The predicted octanol–water partition coefficient (Wildman–Crippen LogP) is 2.74. The molecule has 0 aliphatic carbocycles. The van der Waals surface area contributed by atoms with Gasteiger partial charge in [-0.1, -0.05) is 23.8 Å². The Hall–Kier alpha value is -1.59. The van der Waals surface area contributed by atoms with Gasteiger partial charge in [-0.3, -0.25) is 4.99 Å². The number of aliphatic imine (C=N–C) groups is 1. The number of hydrogen-bond acceptors (Lipinski definition) is 3. The molecule has 5 nitrogen and oxygen atoms in total. The summed E-state index contributed by atoms with van der Waals surface area (Å²) >= 11 is 0. The lowest BCUT2D eigenvalue weighted by Gasteiger charge is -2.36. The van der Waals surface area contributed by atoms with Gasteiger partial charge in [0.2, 0.25) is 0 Å². The first kappa shape index (κ1) is 19.2. The van der Waals surface area contributed by atoms with Gasteiger partial charge < -0.3 is 19.9 Å². The second-order valence-corrected chi connectivity index (χ2v) is 7.64. The van der Waals surface area contributed by atoms with E-state index in [2.05, 4.69) is 61.1 Å². The number of aryl methyl sites for hydroxylation is 2. The molecular weight excluding hydrogens is 324 g/mol. The van der Waals surface area contributed by atoms with Gasteiger partial charge in [-0.05, 0) is 58.3 Å². The lowest BCUT2D eigenvalue weighted by Crippen LogP contribution is -2.48. The van der Waals surface area contributed by atoms with Gasteiger partial charge in [0, 0.05) is 19.1 Å². The van der Waals surface area contributed by atoms with Gasteiger partial charge in [0.15, 0.2) is 5.96 Å². The van der Waals surface area contributed by atoms with Crippen molar-refractivity contribution in [1.29, 1.82) is 0 Å². The Kier molecular flexibility index (Phi) is 6.54. The van der Waals surface area contributed by atoms with Crippen molar-refractivity contribution in [3.05, 3.63) is 34.9 Å². The minimum atomic E-state index is 0.113. The van der Waals surface area contributed by atoms with Crippen LogP contribution < -0.4 is 5.32 Å². The summed E-state index contributed by atoms with van der Waals surface area (Å²) in [5.41, 5.74) is 3.91. The quantitative estimate of drug-likeness (QED) is 0.664. The molecule has 26 heavy (non-hydrogen) atoms. The average molecular weight is 359 g/mol. The Bertz CT molecular complexity index is 630. The number of rotatable bonds is 4. The van der Waals surface area contributed by atoms with Crippen LogP contribution in [-0.4, -0.2) is 68.2 Å².